The van der Waals surface area contributed by atoms with E-state index in [2.05, 4.69) is 16.0 Å². The molecule has 3 aromatic rings. The molecule has 0 fully saturated rings. The van der Waals surface area contributed by atoms with Gasteiger partial charge in [0.1, 0.15) is 6.04 Å². The lowest BCUT2D eigenvalue weighted by Crippen LogP contribution is -2.50. The third-order valence-electron chi connectivity index (χ3n) is 6.68. The van der Waals surface area contributed by atoms with E-state index in [1.165, 1.54) is 17.0 Å². The number of carbonyl (C=O) groups is 4. The third-order valence-corrected chi connectivity index (χ3v) is 7.51. The van der Waals surface area contributed by atoms with Gasteiger partial charge in [0.25, 0.3) is 11.8 Å². The highest BCUT2D eigenvalue weighted by atomic mass is 35.5. The molecule has 4 amide bonds. The smallest absolute Gasteiger partial charge is 0.328 e. The van der Waals surface area contributed by atoms with Gasteiger partial charge < -0.3 is 26.0 Å². The summed E-state index contributed by atoms with van der Waals surface area (Å²) in [5, 5.41) is 17.6. The molecule has 12 heteroatoms. The molecule has 4 rings (SSSR count). The van der Waals surface area contributed by atoms with Crippen LogP contribution in [0.25, 0.3) is 0 Å². The summed E-state index contributed by atoms with van der Waals surface area (Å²) >= 11 is 18.7. The molecule has 0 saturated carbocycles. The predicted molar refractivity (Wildman–Crippen MR) is 157 cm³/mol. The number of hydrogen-bond acceptors (Lipinski definition) is 4. The molecule has 0 unspecified atom stereocenters. The number of carbonyl (C=O) groups excluding carboxylic acids is 3. The summed E-state index contributed by atoms with van der Waals surface area (Å²) in [6.07, 6.45) is 1.57. The van der Waals surface area contributed by atoms with Crippen LogP contribution in [0.1, 0.15) is 49.9 Å². The maximum Gasteiger partial charge on any atom is 0.328 e. The Hall–Kier alpha value is -3.79. The summed E-state index contributed by atoms with van der Waals surface area (Å²) in [7, 11) is 1.59. The number of benzene rings is 3. The van der Waals surface area contributed by atoms with Gasteiger partial charge in [-0.15, -0.1) is 0 Å². The predicted octanol–water partition coefficient (Wildman–Crippen LogP) is 5.09. The number of halogens is 3. The van der Waals surface area contributed by atoms with E-state index in [1.54, 1.807) is 25.2 Å². The topological polar surface area (TPSA) is 128 Å². The second-order valence-electron chi connectivity index (χ2n) is 9.61. The van der Waals surface area contributed by atoms with E-state index in [0.717, 1.165) is 29.5 Å². The number of fused-ring (bicyclic) bond motifs is 1. The van der Waals surface area contributed by atoms with Crippen molar-refractivity contribution < 1.29 is 24.3 Å². The minimum absolute atomic E-state index is 0.135. The second-order valence-corrected chi connectivity index (χ2v) is 10.9. The molecular formula is C29H27Cl3N4O5. The Bertz CT molecular complexity index is 1480. The van der Waals surface area contributed by atoms with Crippen LogP contribution in [0, 0.1) is 0 Å². The first-order valence-electron chi connectivity index (χ1n) is 12.7. The van der Waals surface area contributed by atoms with Crippen LogP contribution >= 0.6 is 34.8 Å². The zero-order valence-electron chi connectivity index (χ0n) is 21.9. The normalized spacial score (nSPS) is 14.5. The van der Waals surface area contributed by atoms with Gasteiger partial charge in [0.05, 0.1) is 28.2 Å². The van der Waals surface area contributed by atoms with Crippen LogP contribution in [0.15, 0.2) is 60.7 Å². The SMILES string of the molecule is CN(Cc1cccc(Cl)c1)C(=O)c1cc(Cl)c(C(=O)N[C@@H](CNC(=O)N[C@@H]2CCc3ccccc32)C(=O)O)c(Cl)c1. The van der Waals surface area contributed by atoms with Crippen LogP contribution in [0.5, 0.6) is 0 Å². The number of nitrogens with zero attached hydrogens (tertiary/aromatic N) is 1. The highest BCUT2D eigenvalue weighted by molar-refractivity contribution is 6.40. The van der Waals surface area contributed by atoms with Crippen molar-refractivity contribution in [2.24, 2.45) is 0 Å². The first-order valence-corrected chi connectivity index (χ1v) is 13.8. The minimum Gasteiger partial charge on any atom is -0.480 e. The molecule has 1 aliphatic carbocycles. The van der Waals surface area contributed by atoms with Crippen molar-refractivity contribution in [1.29, 1.82) is 0 Å². The van der Waals surface area contributed by atoms with E-state index < -0.39 is 29.9 Å². The van der Waals surface area contributed by atoms with Gasteiger partial charge in [0.15, 0.2) is 0 Å². The van der Waals surface area contributed by atoms with Gasteiger partial charge in [-0.1, -0.05) is 71.2 Å². The largest absolute Gasteiger partial charge is 0.480 e. The highest BCUT2D eigenvalue weighted by Crippen LogP contribution is 2.30. The average molecular weight is 618 g/mol. The Morgan fingerprint density at radius 2 is 1.71 bits per heavy atom. The summed E-state index contributed by atoms with van der Waals surface area (Å²) in [6, 6.07) is 15.2. The van der Waals surface area contributed by atoms with Crippen molar-refractivity contribution in [2.75, 3.05) is 13.6 Å². The zero-order chi connectivity index (χ0) is 29.7. The summed E-state index contributed by atoms with van der Waals surface area (Å²) in [4.78, 5) is 51.7. The molecule has 9 nitrogen and oxygen atoms in total. The molecule has 41 heavy (non-hydrogen) atoms. The number of carboxylic acids is 1. The minimum atomic E-state index is -1.47. The fourth-order valence-electron chi connectivity index (χ4n) is 4.66. The van der Waals surface area contributed by atoms with E-state index in [-0.39, 0.29) is 40.3 Å². The molecule has 2 atom stereocenters. The summed E-state index contributed by atoms with van der Waals surface area (Å²) in [5.74, 6) is -2.64. The first-order chi connectivity index (χ1) is 19.5. The summed E-state index contributed by atoms with van der Waals surface area (Å²) < 4.78 is 0. The molecule has 3 aromatic carbocycles. The van der Waals surface area contributed by atoms with E-state index in [1.807, 2.05) is 30.3 Å². The summed E-state index contributed by atoms with van der Waals surface area (Å²) in [6.45, 7) is -0.119. The number of aliphatic carboxylic acids is 1. The van der Waals surface area contributed by atoms with E-state index in [9.17, 15) is 24.3 Å². The number of amides is 4. The zero-order valence-corrected chi connectivity index (χ0v) is 24.2. The number of aryl methyl sites for hydroxylation is 1. The van der Waals surface area contributed by atoms with Gasteiger partial charge >= 0.3 is 12.0 Å². The molecule has 0 aliphatic heterocycles. The Kier molecular flexibility index (Phi) is 9.75. The lowest BCUT2D eigenvalue weighted by atomic mass is 10.1. The van der Waals surface area contributed by atoms with Crippen LogP contribution in [0.4, 0.5) is 4.79 Å². The number of urea groups is 1. The molecule has 0 spiro atoms. The van der Waals surface area contributed by atoms with Crippen molar-refractivity contribution >= 4 is 58.6 Å². The quantitative estimate of drug-likeness (QED) is 0.266. The van der Waals surface area contributed by atoms with Crippen LogP contribution in [0.2, 0.25) is 15.1 Å². The molecule has 1 aliphatic rings. The number of carboxylic acid groups (broad SMARTS) is 1. The monoisotopic (exact) mass is 616 g/mol. The first kappa shape index (κ1) is 30.2. The van der Waals surface area contributed by atoms with Gasteiger partial charge in [-0.05, 0) is 53.8 Å². The van der Waals surface area contributed by atoms with Crippen molar-refractivity contribution in [1.82, 2.24) is 20.9 Å². The number of nitrogens with one attached hydrogen (secondary N) is 3. The third kappa shape index (κ3) is 7.49. The number of rotatable bonds is 9. The molecular weight excluding hydrogens is 591 g/mol. The molecule has 214 valence electrons. The van der Waals surface area contributed by atoms with Gasteiger partial charge in [-0.25, -0.2) is 9.59 Å². The van der Waals surface area contributed by atoms with Crippen LogP contribution in [-0.4, -0.2) is 53.5 Å². The fourth-order valence-corrected chi connectivity index (χ4v) is 5.53. The van der Waals surface area contributed by atoms with Gasteiger partial charge in [-0.3, -0.25) is 9.59 Å². The van der Waals surface area contributed by atoms with Gasteiger partial charge in [-0.2, -0.15) is 0 Å². The Morgan fingerprint density at radius 1 is 1.00 bits per heavy atom. The molecule has 0 radical (unpaired) electrons. The average Bonchev–Trinajstić information content (AvgIpc) is 3.32. The Morgan fingerprint density at radius 3 is 2.39 bits per heavy atom. The van der Waals surface area contributed by atoms with Gasteiger partial charge in [0, 0.05) is 24.2 Å². The Balaban J connectivity index is 1.37. The van der Waals surface area contributed by atoms with Crippen LogP contribution < -0.4 is 16.0 Å². The fraction of sp³-hybridized carbons (Fsp3) is 0.241. The van der Waals surface area contributed by atoms with Crippen molar-refractivity contribution in [3.63, 3.8) is 0 Å². The van der Waals surface area contributed by atoms with Gasteiger partial charge in [0.2, 0.25) is 0 Å². The maximum absolute atomic E-state index is 13.0. The molecule has 0 saturated heterocycles. The number of hydrogen-bond donors (Lipinski definition) is 4. The second kappa shape index (κ2) is 13.2. The molecule has 0 bridgehead atoms. The van der Waals surface area contributed by atoms with E-state index >= 15 is 0 Å². The van der Waals surface area contributed by atoms with Crippen molar-refractivity contribution in [3.05, 3.63) is 104 Å². The maximum atomic E-state index is 13.0. The summed E-state index contributed by atoms with van der Waals surface area (Å²) in [5.41, 5.74) is 2.94. The molecule has 0 aromatic heterocycles. The van der Waals surface area contributed by atoms with Crippen molar-refractivity contribution in [3.8, 4) is 0 Å². The Labute approximate surface area is 251 Å². The highest BCUT2D eigenvalue weighted by Gasteiger charge is 2.27. The van der Waals surface area contributed by atoms with Crippen LogP contribution in [-0.2, 0) is 17.8 Å². The van der Waals surface area contributed by atoms with Crippen LogP contribution in [0.3, 0.4) is 0 Å². The van der Waals surface area contributed by atoms with E-state index in [0.29, 0.717) is 5.02 Å². The molecule has 4 N–H and O–H groups in total. The lowest BCUT2D eigenvalue weighted by Gasteiger charge is -2.20. The van der Waals surface area contributed by atoms with Crippen molar-refractivity contribution in [2.45, 2.75) is 31.5 Å². The molecule has 0 heterocycles. The standard InChI is InChI=1S/C29H27Cl3N4O5/c1-36(15-16-5-4-7-19(30)11-16)27(38)18-12-21(31)25(22(32)13-18)26(37)34-24(28(39)40)14-33-29(41)35-23-10-9-17-6-2-3-8-20(17)23/h2-8,11-13,23-24H,9-10,14-15H2,1H3,(H,34,37)(H,39,40)(H2,33,35,41)/t23-,24+/m1/s1. The lowest BCUT2D eigenvalue weighted by molar-refractivity contribution is -0.139. The van der Waals surface area contributed by atoms with E-state index in [4.69, 9.17) is 34.8 Å².